The van der Waals surface area contributed by atoms with Gasteiger partial charge in [0.2, 0.25) is 5.91 Å². The van der Waals surface area contributed by atoms with Crippen molar-refractivity contribution in [3.63, 3.8) is 0 Å². The van der Waals surface area contributed by atoms with Crippen LogP contribution in [0.3, 0.4) is 0 Å². The summed E-state index contributed by atoms with van der Waals surface area (Å²) in [4.78, 5) is 24.5. The summed E-state index contributed by atoms with van der Waals surface area (Å²) in [6.07, 6.45) is 2.46. The number of nitrogens with zero attached hydrogens (tertiary/aromatic N) is 1. The number of ether oxygens (including phenoxy) is 1. The van der Waals surface area contributed by atoms with Crippen molar-refractivity contribution >= 4 is 22.8 Å². The molecule has 5 nitrogen and oxygen atoms in total. The second-order valence-corrected chi connectivity index (χ2v) is 6.78. The van der Waals surface area contributed by atoms with E-state index in [0.717, 1.165) is 17.3 Å². The first-order chi connectivity index (χ1) is 13.0. The molecule has 0 spiro atoms. The minimum Gasteiger partial charge on any atom is -0.465 e. The summed E-state index contributed by atoms with van der Waals surface area (Å²) >= 11 is 0. The number of carbonyl (C=O) groups is 2. The van der Waals surface area contributed by atoms with Crippen LogP contribution < -0.4 is 5.32 Å². The van der Waals surface area contributed by atoms with Crippen LogP contribution in [0.4, 0.5) is 0 Å². The topological polar surface area (TPSA) is 60.3 Å². The summed E-state index contributed by atoms with van der Waals surface area (Å²) in [6.45, 7) is 4.22. The van der Waals surface area contributed by atoms with E-state index in [-0.39, 0.29) is 18.5 Å². The number of hydrogen-bond donors (Lipinski definition) is 1. The Balaban J connectivity index is 1.72. The predicted molar refractivity (Wildman–Crippen MR) is 106 cm³/mol. The lowest BCUT2D eigenvalue weighted by atomic mass is 10.0. The van der Waals surface area contributed by atoms with Gasteiger partial charge in [-0.2, -0.15) is 0 Å². The molecule has 3 rings (SSSR count). The number of esters is 1. The summed E-state index contributed by atoms with van der Waals surface area (Å²) in [6, 6.07) is 15.7. The van der Waals surface area contributed by atoms with Gasteiger partial charge in [0, 0.05) is 23.1 Å². The van der Waals surface area contributed by atoms with E-state index in [2.05, 4.69) is 24.4 Å². The van der Waals surface area contributed by atoms with Crippen molar-refractivity contribution < 1.29 is 14.3 Å². The van der Waals surface area contributed by atoms with Crippen LogP contribution in [-0.2, 0) is 22.5 Å². The van der Waals surface area contributed by atoms with Gasteiger partial charge in [0.25, 0.3) is 0 Å². The van der Waals surface area contributed by atoms with E-state index in [4.69, 9.17) is 4.74 Å². The third kappa shape index (κ3) is 4.19. The Bertz CT molecular complexity index is 975. The number of aromatic nitrogens is 1. The van der Waals surface area contributed by atoms with Crippen LogP contribution in [0.1, 0.15) is 28.4 Å². The van der Waals surface area contributed by atoms with Crippen LogP contribution in [0.2, 0.25) is 0 Å². The van der Waals surface area contributed by atoms with Crippen LogP contribution in [0.15, 0.2) is 54.7 Å². The zero-order chi connectivity index (χ0) is 19.4. The molecule has 0 saturated carbocycles. The lowest BCUT2D eigenvalue weighted by Gasteiger charge is -2.16. The second kappa shape index (κ2) is 8.08. The van der Waals surface area contributed by atoms with Gasteiger partial charge >= 0.3 is 5.97 Å². The number of fused-ring (bicyclic) bond motifs is 1. The molecule has 2 aromatic carbocycles. The average Bonchev–Trinajstić information content (AvgIpc) is 3.01. The Morgan fingerprint density at radius 3 is 2.56 bits per heavy atom. The van der Waals surface area contributed by atoms with Crippen molar-refractivity contribution in [2.45, 2.75) is 32.9 Å². The Hall–Kier alpha value is -3.08. The molecular weight excluding hydrogens is 340 g/mol. The van der Waals surface area contributed by atoms with Gasteiger partial charge in [-0.05, 0) is 37.5 Å². The predicted octanol–water partition coefficient (Wildman–Crippen LogP) is 3.48. The van der Waals surface area contributed by atoms with Crippen molar-refractivity contribution in [3.05, 3.63) is 71.4 Å². The van der Waals surface area contributed by atoms with E-state index in [1.807, 2.05) is 43.3 Å². The summed E-state index contributed by atoms with van der Waals surface area (Å²) in [5.74, 6) is -0.494. The lowest BCUT2D eigenvalue weighted by molar-refractivity contribution is -0.122. The van der Waals surface area contributed by atoms with Gasteiger partial charge in [-0.15, -0.1) is 0 Å². The first-order valence-corrected chi connectivity index (χ1v) is 8.99. The fourth-order valence-corrected chi connectivity index (χ4v) is 3.35. The minimum absolute atomic E-state index is 0.0144. The molecule has 140 valence electrons. The molecule has 0 unspecified atom stereocenters. The fraction of sp³-hybridized carbons (Fsp3) is 0.273. The van der Waals surface area contributed by atoms with Crippen molar-refractivity contribution in [1.82, 2.24) is 9.88 Å². The summed E-state index contributed by atoms with van der Waals surface area (Å²) < 4.78 is 6.64. The van der Waals surface area contributed by atoms with Gasteiger partial charge in [0.15, 0.2) is 0 Å². The van der Waals surface area contributed by atoms with E-state index in [1.165, 1.54) is 18.2 Å². The number of hydrogen-bond acceptors (Lipinski definition) is 3. The molecule has 0 bridgehead atoms. The zero-order valence-electron chi connectivity index (χ0n) is 15.9. The third-order valence-corrected chi connectivity index (χ3v) is 4.70. The normalized spacial score (nSPS) is 12.0. The molecule has 27 heavy (non-hydrogen) atoms. The Labute approximate surface area is 158 Å². The summed E-state index contributed by atoms with van der Waals surface area (Å²) in [5.41, 5.74) is 3.75. The van der Waals surface area contributed by atoms with Crippen LogP contribution in [-0.4, -0.2) is 29.6 Å². The third-order valence-electron chi connectivity index (χ3n) is 4.70. The number of aryl methyl sites for hydroxylation is 1. The highest BCUT2D eigenvalue weighted by Gasteiger charge is 2.17. The number of carbonyl (C=O) groups excluding carboxylic acids is 2. The van der Waals surface area contributed by atoms with E-state index in [1.54, 1.807) is 10.8 Å². The van der Waals surface area contributed by atoms with E-state index in [9.17, 15) is 9.59 Å². The number of rotatable bonds is 6. The SMILES string of the molecule is COC(=O)c1cn(CC(=O)N[C@H](C)Cc2ccccc2C)c2ccccc12. The quantitative estimate of drug-likeness (QED) is 0.681. The maximum Gasteiger partial charge on any atom is 0.340 e. The highest BCUT2D eigenvalue weighted by molar-refractivity contribution is 6.04. The molecule has 0 fully saturated rings. The molecule has 1 amide bonds. The average molecular weight is 364 g/mol. The second-order valence-electron chi connectivity index (χ2n) is 6.78. The Morgan fingerprint density at radius 2 is 1.81 bits per heavy atom. The molecule has 1 N–H and O–H groups in total. The molecule has 0 saturated heterocycles. The smallest absolute Gasteiger partial charge is 0.340 e. The molecular formula is C22H24N2O3. The van der Waals surface area contributed by atoms with Crippen molar-refractivity contribution in [2.75, 3.05) is 7.11 Å². The Kier molecular flexibility index (Phi) is 5.60. The van der Waals surface area contributed by atoms with Gasteiger partial charge in [-0.3, -0.25) is 4.79 Å². The number of amides is 1. The van der Waals surface area contributed by atoms with E-state index in [0.29, 0.717) is 5.56 Å². The largest absolute Gasteiger partial charge is 0.465 e. The van der Waals surface area contributed by atoms with Gasteiger partial charge < -0.3 is 14.6 Å². The molecule has 0 aliphatic rings. The molecule has 0 radical (unpaired) electrons. The fourth-order valence-electron chi connectivity index (χ4n) is 3.35. The highest BCUT2D eigenvalue weighted by atomic mass is 16.5. The van der Waals surface area contributed by atoms with Crippen LogP contribution >= 0.6 is 0 Å². The van der Waals surface area contributed by atoms with Crippen LogP contribution in [0.5, 0.6) is 0 Å². The minimum atomic E-state index is -0.404. The first kappa shape index (κ1) is 18.7. The monoisotopic (exact) mass is 364 g/mol. The maximum atomic E-state index is 12.5. The van der Waals surface area contributed by atoms with Crippen LogP contribution in [0.25, 0.3) is 10.9 Å². The van der Waals surface area contributed by atoms with E-state index >= 15 is 0 Å². The molecule has 0 aliphatic heterocycles. The first-order valence-electron chi connectivity index (χ1n) is 8.99. The number of nitrogens with one attached hydrogen (secondary N) is 1. The Morgan fingerprint density at radius 1 is 1.11 bits per heavy atom. The molecule has 5 heteroatoms. The molecule has 0 aliphatic carbocycles. The van der Waals surface area contributed by atoms with Crippen molar-refractivity contribution in [2.24, 2.45) is 0 Å². The van der Waals surface area contributed by atoms with Gasteiger partial charge in [0.1, 0.15) is 6.54 Å². The highest BCUT2D eigenvalue weighted by Crippen LogP contribution is 2.22. The van der Waals surface area contributed by atoms with Crippen molar-refractivity contribution in [1.29, 1.82) is 0 Å². The molecule has 1 aromatic heterocycles. The van der Waals surface area contributed by atoms with E-state index < -0.39 is 5.97 Å². The van der Waals surface area contributed by atoms with Gasteiger partial charge in [-0.25, -0.2) is 4.79 Å². The zero-order valence-corrected chi connectivity index (χ0v) is 15.9. The standard InChI is InChI=1S/C22H24N2O3/c1-15-8-4-5-9-17(15)12-16(2)23-21(25)14-24-13-19(22(26)27-3)18-10-6-7-11-20(18)24/h4-11,13,16H,12,14H2,1-3H3,(H,23,25)/t16-/m1/s1. The maximum absolute atomic E-state index is 12.5. The number of para-hydroxylation sites is 1. The summed E-state index contributed by atoms with van der Waals surface area (Å²) in [5, 5.41) is 3.83. The number of methoxy groups -OCH3 is 1. The molecule has 1 atom stereocenters. The molecule has 3 aromatic rings. The van der Waals surface area contributed by atoms with Crippen LogP contribution in [0, 0.1) is 6.92 Å². The number of benzene rings is 2. The van der Waals surface area contributed by atoms with Gasteiger partial charge in [0.05, 0.1) is 12.7 Å². The molecule has 1 heterocycles. The van der Waals surface area contributed by atoms with Gasteiger partial charge in [-0.1, -0.05) is 42.5 Å². The lowest BCUT2D eigenvalue weighted by Crippen LogP contribution is -2.36. The summed E-state index contributed by atoms with van der Waals surface area (Å²) in [7, 11) is 1.36. The van der Waals surface area contributed by atoms with Crippen molar-refractivity contribution in [3.8, 4) is 0 Å².